The van der Waals surface area contributed by atoms with Gasteiger partial charge in [-0.2, -0.15) is 13.2 Å². The van der Waals surface area contributed by atoms with Crippen molar-refractivity contribution in [3.05, 3.63) is 94.3 Å². The van der Waals surface area contributed by atoms with Crippen LogP contribution in [0.1, 0.15) is 28.3 Å². The number of sulfonamides is 1. The highest BCUT2D eigenvalue weighted by Crippen LogP contribution is 2.31. The molecular formula is C22H19ClF3N3O3S. The highest BCUT2D eigenvalue weighted by molar-refractivity contribution is 7.92. The number of primary amides is 1. The Labute approximate surface area is 193 Å². The second-order valence-corrected chi connectivity index (χ2v) is 9.58. The zero-order valence-corrected chi connectivity index (χ0v) is 18.8. The van der Waals surface area contributed by atoms with E-state index in [0.717, 1.165) is 28.9 Å². The summed E-state index contributed by atoms with van der Waals surface area (Å²) >= 11 is 6.17. The summed E-state index contributed by atoms with van der Waals surface area (Å²) in [6, 6.07) is 14.7. The first-order chi connectivity index (χ1) is 15.4. The summed E-state index contributed by atoms with van der Waals surface area (Å²) in [6.45, 7) is -0.0140. The lowest BCUT2D eigenvalue weighted by molar-refractivity contribution is -0.141. The van der Waals surface area contributed by atoms with E-state index in [9.17, 15) is 26.4 Å². The lowest BCUT2D eigenvalue weighted by Gasteiger charge is -2.24. The number of carbonyl (C=O) groups excluding carboxylic acids is 1. The number of benzene rings is 2. The minimum atomic E-state index is -4.61. The molecule has 3 rings (SSSR count). The van der Waals surface area contributed by atoms with Crippen molar-refractivity contribution < 1.29 is 26.4 Å². The number of anilines is 1. The van der Waals surface area contributed by atoms with Gasteiger partial charge in [0.1, 0.15) is 5.69 Å². The van der Waals surface area contributed by atoms with Gasteiger partial charge in [-0.1, -0.05) is 48.0 Å². The molecule has 0 aliphatic heterocycles. The van der Waals surface area contributed by atoms with Gasteiger partial charge in [-0.3, -0.25) is 14.1 Å². The molecule has 33 heavy (non-hydrogen) atoms. The van der Waals surface area contributed by atoms with Crippen LogP contribution >= 0.6 is 11.6 Å². The Bertz CT molecular complexity index is 1250. The van der Waals surface area contributed by atoms with Gasteiger partial charge in [-0.25, -0.2) is 8.42 Å². The average Bonchev–Trinajstić information content (AvgIpc) is 2.73. The molecule has 0 fully saturated rings. The van der Waals surface area contributed by atoms with Crippen LogP contribution in [-0.4, -0.2) is 25.6 Å². The van der Waals surface area contributed by atoms with Crippen LogP contribution < -0.4 is 10.0 Å². The van der Waals surface area contributed by atoms with E-state index in [1.807, 2.05) is 0 Å². The second-order valence-electron chi connectivity index (χ2n) is 7.26. The van der Waals surface area contributed by atoms with Crippen molar-refractivity contribution in [3.8, 4) is 0 Å². The lowest BCUT2D eigenvalue weighted by Crippen LogP contribution is -2.29. The molecule has 2 N–H and O–H groups in total. The van der Waals surface area contributed by atoms with E-state index in [0.29, 0.717) is 21.8 Å². The van der Waals surface area contributed by atoms with E-state index in [1.165, 1.54) is 24.3 Å². The molecule has 0 aliphatic rings. The topological polar surface area (TPSA) is 93.4 Å². The molecule has 11 heteroatoms. The second kappa shape index (κ2) is 9.40. The molecule has 0 radical (unpaired) electrons. The molecule has 174 valence electrons. The number of nitrogens with two attached hydrogens (primary N) is 1. The Balaban J connectivity index is 1.94. The number of carbonyl (C=O) groups is 1. The predicted octanol–water partition coefficient (Wildman–Crippen LogP) is 4.34. The van der Waals surface area contributed by atoms with Crippen molar-refractivity contribution in [3.63, 3.8) is 0 Å². The minimum absolute atomic E-state index is 0.0140. The van der Waals surface area contributed by atoms with Crippen LogP contribution in [0.4, 0.5) is 18.9 Å². The molecule has 0 saturated carbocycles. The number of amides is 1. The molecule has 1 atom stereocenters. The first-order valence-corrected chi connectivity index (χ1v) is 11.7. The number of halogens is 4. The molecule has 3 aromatic rings. The highest BCUT2D eigenvalue weighted by Gasteiger charge is 2.33. The fraction of sp³-hybridized carbons (Fsp3) is 0.182. The van der Waals surface area contributed by atoms with Crippen LogP contribution in [0.15, 0.2) is 66.9 Å². The summed E-state index contributed by atoms with van der Waals surface area (Å²) in [5.74, 6) is -1.86. The van der Waals surface area contributed by atoms with E-state index in [2.05, 4.69) is 4.98 Å². The van der Waals surface area contributed by atoms with Crippen molar-refractivity contribution >= 4 is 33.2 Å². The molecule has 0 saturated heterocycles. The quantitative estimate of drug-likeness (QED) is 0.525. The van der Waals surface area contributed by atoms with Gasteiger partial charge in [0.05, 0.1) is 24.4 Å². The van der Waals surface area contributed by atoms with Crippen LogP contribution in [0.5, 0.6) is 0 Å². The standard InChI is InChI=1S/C22H19ClF3N3O3S/c1-33(31,32)29(13-16-4-2-3-5-18(16)23)17-9-6-14(7-10-17)20(21(27)30)15-8-11-19(28-12-15)22(24,25)26/h2-12,20H,13H2,1H3,(H2,27,30). The molecule has 2 aromatic carbocycles. The maximum absolute atomic E-state index is 12.8. The highest BCUT2D eigenvalue weighted by atomic mass is 35.5. The smallest absolute Gasteiger partial charge is 0.369 e. The summed E-state index contributed by atoms with van der Waals surface area (Å²) in [7, 11) is -3.69. The summed E-state index contributed by atoms with van der Waals surface area (Å²) < 4.78 is 64.3. The number of hydrogen-bond donors (Lipinski definition) is 1. The molecule has 1 aromatic heterocycles. The summed E-state index contributed by atoms with van der Waals surface area (Å²) in [6.07, 6.45) is -2.61. The summed E-state index contributed by atoms with van der Waals surface area (Å²) in [4.78, 5) is 15.5. The van der Waals surface area contributed by atoms with E-state index in [4.69, 9.17) is 17.3 Å². The first-order valence-electron chi connectivity index (χ1n) is 9.51. The number of alkyl halides is 3. The number of hydrogen-bond acceptors (Lipinski definition) is 4. The number of nitrogens with zero attached hydrogens (tertiary/aromatic N) is 2. The van der Waals surface area contributed by atoms with Gasteiger partial charge in [0.25, 0.3) is 0 Å². The van der Waals surface area contributed by atoms with Crippen molar-refractivity contribution in [1.29, 1.82) is 0 Å². The maximum atomic E-state index is 12.8. The van der Waals surface area contributed by atoms with Crippen molar-refractivity contribution in [2.24, 2.45) is 5.73 Å². The van der Waals surface area contributed by atoms with Gasteiger partial charge < -0.3 is 5.73 Å². The Hall–Kier alpha value is -3.11. The first kappa shape index (κ1) is 24.5. The lowest BCUT2D eigenvalue weighted by atomic mass is 9.91. The number of aromatic nitrogens is 1. The third-order valence-corrected chi connectivity index (χ3v) is 6.39. The van der Waals surface area contributed by atoms with Crippen LogP contribution in [0, 0.1) is 0 Å². The van der Waals surface area contributed by atoms with E-state index in [1.54, 1.807) is 24.3 Å². The largest absolute Gasteiger partial charge is 0.433 e. The Kier molecular flexibility index (Phi) is 6.99. The SMILES string of the molecule is CS(=O)(=O)N(Cc1ccccc1Cl)c1ccc(C(C(N)=O)c2ccc(C(F)(F)F)nc2)cc1. The molecule has 1 amide bonds. The van der Waals surface area contributed by atoms with E-state index >= 15 is 0 Å². The fourth-order valence-corrected chi connectivity index (χ4v) is 4.35. The Morgan fingerprint density at radius 3 is 2.15 bits per heavy atom. The molecule has 6 nitrogen and oxygen atoms in total. The summed E-state index contributed by atoms with van der Waals surface area (Å²) in [5.41, 5.74) is 5.88. The minimum Gasteiger partial charge on any atom is -0.369 e. The van der Waals surface area contributed by atoms with Gasteiger partial charge in [-0.15, -0.1) is 0 Å². The monoisotopic (exact) mass is 497 g/mol. The van der Waals surface area contributed by atoms with Crippen molar-refractivity contribution in [2.45, 2.75) is 18.6 Å². The van der Waals surface area contributed by atoms with Crippen molar-refractivity contribution in [2.75, 3.05) is 10.6 Å². The van der Waals surface area contributed by atoms with Gasteiger partial charge in [0, 0.05) is 11.2 Å². The van der Waals surface area contributed by atoms with Gasteiger partial charge in [-0.05, 0) is 41.0 Å². The van der Waals surface area contributed by atoms with Gasteiger partial charge in [0.2, 0.25) is 15.9 Å². The molecule has 1 unspecified atom stereocenters. The molecule has 1 heterocycles. The van der Waals surface area contributed by atoms with Crippen LogP contribution in [0.3, 0.4) is 0 Å². The molecule has 0 bridgehead atoms. The van der Waals surface area contributed by atoms with Crippen LogP contribution in [0.25, 0.3) is 0 Å². The summed E-state index contributed by atoms with van der Waals surface area (Å²) in [5, 5.41) is 0.409. The Morgan fingerprint density at radius 1 is 1.06 bits per heavy atom. The molecule has 0 spiro atoms. The molecular weight excluding hydrogens is 479 g/mol. The third-order valence-electron chi connectivity index (χ3n) is 4.88. The maximum Gasteiger partial charge on any atom is 0.433 e. The third kappa shape index (κ3) is 5.82. The number of pyridine rings is 1. The fourth-order valence-electron chi connectivity index (χ4n) is 3.28. The zero-order chi connectivity index (χ0) is 24.4. The van der Waals surface area contributed by atoms with Gasteiger partial charge in [0.15, 0.2) is 0 Å². The van der Waals surface area contributed by atoms with E-state index < -0.39 is 33.7 Å². The zero-order valence-electron chi connectivity index (χ0n) is 17.3. The Morgan fingerprint density at radius 2 is 1.67 bits per heavy atom. The normalized spacial score (nSPS) is 12.9. The average molecular weight is 498 g/mol. The van der Waals surface area contributed by atoms with Crippen LogP contribution in [-0.2, 0) is 27.5 Å². The predicted molar refractivity (Wildman–Crippen MR) is 119 cm³/mol. The van der Waals surface area contributed by atoms with Gasteiger partial charge >= 0.3 is 6.18 Å². The van der Waals surface area contributed by atoms with Crippen molar-refractivity contribution in [1.82, 2.24) is 4.98 Å². The van der Waals surface area contributed by atoms with Crippen LogP contribution in [0.2, 0.25) is 5.02 Å². The van der Waals surface area contributed by atoms with E-state index in [-0.39, 0.29) is 12.1 Å². The number of rotatable bonds is 7. The molecule has 0 aliphatic carbocycles.